The van der Waals surface area contributed by atoms with Gasteiger partial charge < -0.3 is 0 Å². The lowest BCUT2D eigenvalue weighted by molar-refractivity contribution is 0.288. The third-order valence-corrected chi connectivity index (χ3v) is 2.93. The minimum Gasteiger partial charge on any atom is -0.103 e. The summed E-state index contributed by atoms with van der Waals surface area (Å²) in [6.45, 7) is 15.6. The molecule has 1 saturated carbocycles. The Balaban J connectivity index is 0.000000791. The summed E-state index contributed by atoms with van der Waals surface area (Å²) in [7, 11) is 0. The normalized spacial score (nSPS) is 30.9. The highest BCUT2D eigenvalue weighted by molar-refractivity contribution is 4.99. The van der Waals surface area contributed by atoms with Crippen molar-refractivity contribution in [2.45, 2.75) is 33.1 Å². The van der Waals surface area contributed by atoms with Gasteiger partial charge >= 0.3 is 0 Å². The molecule has 0 aromatic carbocycles. The van der Waals surface area contributed by atoms with Gasteiger partial charge in [-0.15, -0.1) is 19.7 Å². The maximum Gasteiger partial charge on any atom is -0.0168 e. The molecule has 0 aromatic rings. The lowest BCUT2D eigenvalue weighted by atomic mass is 9.74. The zero-order valence-electron chi connectivity index (χ0n) is 9.71. The molecule has 1 aliphatic rings. The lowest BCUT2D eigenvalue weighted by Crippen LogP contribution is -2.20. The second-order valence-corrected chi connectivity index (χ2v) is 3.61. The Morgan fingerprint density at radius 1 is 0.857 bits per heavy atom. The van der Waals surface area contributed by atoms with E-state index in [1.165, 1.54) is 19.3 Å². The largest absolute Gasteiger partial charge is 0.103 e. The molecule has 3 unspecified atom stereocenters. The fraction of sp³-hybridized carbons (Fsp3) is 0.571. The quantitative estimate of drug-likeness (QED) is 0.573. The van der Waals surface area contributed by atoms with Gasteiger partial charge in [0.15, 0.2) is 0 Å². The summed E-state index contributed by atoms with van der Waals surface area (Å²) < 4.78 is 0. The molecule has 3 atom stereocenters. The average Bonchev–Trinajstić information content (AvgIpc) is 2.30. The van der Waals surface area contributed by atoms with Gasteiger partial charge in [0.25, 0.3) is 0 Å². The SMILES string of the molecule is C=CC1CCC(C=C)C(C=C)C1.CC. The molecule has 0 nitrogen and oxygen atoms in total. The molecular weight excluding hydrogens is 168 g/mol. The van der Waals surface area contributed by atoms with E-state index in [2.05, 4.69) is 38.0 Å². The van der Waals surface area contributed by atoms with Crippen molar-refractivity contribution in [1.29, 1.82) is 0 Å². The van der Waals surface area contributed by atoms with Gasteiger partial charge in [-0.3, -0.25) is 0 Å². The summed E-state index contributed by atoms with van der Waals surface area (Å²) in [6.07, 6.45) is 9.95. The molecule has 80 valence electrons. The summed E-state index contributed by atoms with van der Waals surface area (Å²) >= 11 is 0. The summed E-state index contributed by atoms with van der Waals surface area (Å²) in [5.74, 6) is 1.97. The molecule has 1 fully saturated rings. The topological polar surface area (TPSA) is 0 Å². The Hall–Kier alpha value is -0.780. The fourth-order valence-electron chi connectivity index (χ4n) is 2.04. The smallest absolute Gasteiger partial charge is 0.0168 e. The van der Waals surface area contributed by atoms with Crippen LogP contribution in [-0.2, 0) is 0 Å². The van der Waals surface area contributed by atoms with Crippen molar-refractivity contribution < 1.29 is 0 Å². The van der Waals surface area contributed by atoms with Crippen molar-refractivity contribution >= 4 is 0 Å². The molecule has 0 radical (unpaired) electrons. The molecule has 0 saturated heterocycles. The first-order valence-corrected chi connectivity index (χ1v) is 5.69. The van der Waals surface area contributed by atoms with E-state index in [0.717, 1.165) is 0 Å². The van der Waals surface area contributed by atoms with Crippen LogP contribution in [0.15, 0.2) is 38.0 Å². The maximum atomic E-state index is 3.87. The standard InChI is InChI=1S/C12H18.C2H6/c1-4-10-7-8-11(5-2)12(6-3)9-10;1-2/h4-6,10-12H,1-3,7-9H2;1-2H3. The number of rotatable bonds is 3. The Labute approximate surface area is 89.4 Å². The van der Waals surface area contributed by atoms with Crippen molar-refractivity contribution in [3.63, 3.8) is 0 Å². The summed E-state index contributed by atoms with van der Waals surface area (Å²) in [6, 6.07) is 0. The van der Waals surface area contributed by atoms with E-state index < -0.39 is 0 Å². The number of allylic oxidation sites excluding steroid dienone is 3. The van der Waals surface area contributed by atoms with E-state index in [1.54, 1.807) is 0 Å². The van der Waals surface area contributed by atoms with Crippen LogP contribution in [0, 0.1) is 17.8 Å². The maximum absolute atomic E-state index is 3.87. The third kappa shape index (κ3) is 3.53. The van der Waals surface area contributed by atoms with Crippen molar-refractivity contribution in [2.75, 3.05) is 0 Å². The van der Waals surface area contributed by atoms with E-state index in [9.17, 15) is 0 Å². The van der Waals surface area contributed by atoms with Gasteiger partial charge in [0.1, 0.15) is 0 Å². The van der Waals surface area contributed by atoms with Gasteiger partial charge in [0, 0.05) is 0 Å². The van der Waals surface area contributed by atoms with E-state index in [4.69, 9.17) is 0 Å². The zero-order valence-corrected chi connectivity index (χ0v) is 9.71. The highest BCUT2D eigenvalue weighted by Gasteiger charge is 2.24. The third-order valence-electron chi connectivity index (χ3n) is 2.93. The van der Waals surface area contributed by atoms with E-state index in [0.29, 0.717) is 17.8 Å². The van der Waals surface area contributed by atoms with Crippen molar-refractivity contribution in [3.8, 4) is 0 Å². The highest BCUT2D eigenvalue weighted by atomic mass is 14.3. The second-order valence-electron chi connectivity index (χ2n) is 3.61. The van der Waals surface area contributed by atoms with Crippen molar-refractivity contribution in [3.05, 3.63) is 38.0 Å². The molecule has 0 heterocycles. The van der Waals surface area contributed by atoms with Gasteiger partial charge in [-0.1, -0.05) is 32.1 Å². The first-order chi connectivity index (χ1) is 6.81. The van der Waals surface area contributed by atoms with E-state index >= 15 is 0 Å². The van der Waals surface area contributed by atoms with Gasteiger partial charge in [0.2, 0.25) is 0 Å². The minimum atomic E-state index is 0.624. The molecule has 0 bridgehead atoms. The summed E-state index contributed by atoms with van der Waals surface area (Å²) in [5, 5.41) is 0. The Bertz CT molecular complexity index is 178. The van der Waals surface area contributed by atoms with E-state index in [-0.39, 0.29) is 0 Å². The van der Waals surface area contributed by atoms with Crippen LogP contribution in [0.2, 0.25) is 0 Å². The van der Waals surface area contributed by atoms with E-state index in [1.807, 2.05) is 13.8 Å². The van der Waals surface area contributed by atoms with Crippen LogP contribution >= 0.6 is 0 Å². The molecule has 0 heteroatoms. The first kappa shape index (κ1) is 13.2. The number of hydrogen-bond acceptors (Lipinski definition) is 0. The Kier molecular flexibility index (Phi) is 7.18. The van der Waals surface area contributed by atoms with Crippen LogP contribution in [0.1, 0.15) is 33.1 Å². The van der Waals surface area contributed by atoms with Crippen LogP contribution in [0.25, 0.3) is 0 Å². The molecule has 0 N–H and O–H groups in total. The van der Waals surface area contributed by atoms with Gasteiger partial charge in [-0.05, 0) is 37.0 Å². The molecule has 1 aliphatic carbocycles. The molecular formula is C14H24. The lowest BCUT2D eigenvalue weighted by Gasteiger charge is -2.31. The fourth-order valence-corrected chi connectivity index (χ4v) is 2.04. The van der Waals surface area contributed by atoms with Crippen LogP contribution in [-0.4, -0.2) is 0 Å². The molecule has 14 heavy (non-hydrogen) atoms. The molecule has 1 rings (SSSR count). The van der Waals surface area contributed by atoms with Gasteiger partial charge in [0.05, 0.1) is 0 Å². The molecule has 0 aliphatic heterocycles. The average molecular weight is 192 g/mol. The van der Waals surface area contributed by atoms with Gasteiger partial charge in [-0.25, -0.2) is 0 Å². The number of hydrogen-bond donors (Lipinski definition) is 0. The minimum absolute atomic E-state index is 0.624. The highest BCUT2D eigenvalue weighted by Crippen LogP contribution is 2.35. The van der Waals surface area contributed by atoms with Gasteiger partial charge in [-0.2, -0.15) is 0 Å². The summed E-state index contributed by atoms with van der Waals surface area (Å²) in [4.78, 5) is 0. The monoisotopic (exact) mass is 192 g/mol. The predicted octanol–water partition coefficient (Wildman–Crippen LogP) is 4.60. The summed E-state index contributed by atoms with van der Waals surface area (Å²) in [5.41, 5.74) is 0. The van der Waals surface area contributed by atoms with Crippen molar-refractivity contribution in [2.24, 2.45) is 17.8 Å². The Morgan fingerprint density at radius 2 is 1.43 bits per heavy atom. The van der Waals surface area contributed by atoms with Crippen LogP contribution < -0.4 is 0 Å². The predicted molar refractivity (Wildman–Crippen MR) is 66.3 cm³/mol. The Morgan fingerprint density at radius 3 is 1.86 bits per heavy atom. The molecule has 0 amide bonds. The second kappa shape index (κ2) is 7.61. The first-order valence-electron chi connectivity index (χ1n) is 5.69. The van der Waals surface area contributed by atoms with Crippen molar-refractivity contribution in [1.82, 2.24) is 0 Å². The van der Waals surface area contributed by atoms with Crippen LogP contribution in [0.5, 0.6) is 0 Å². The molecule has 0 aromatic heterocycles. The van der Waals surface area contributed by atoms with Crippen LogP contribution in [0.3, 0.4) is 0 Å². The molecule has 0 spiro atoms. The van der Waals surface area contributed by atoms with Crippen LogP contribution in [0.4, 0.5) is 0 Å². The zero-order chi connectivity index (χ0) is 11.0.